The van der Waals surface area contributed by atoms with Crippen molar-refractivity contribution in [1.29, 1.82) is 0 Å². The zero-order valence-electron chi connectivity index (χ0n) is 11.6. The molecule has 1 fully saturated rings. The van der Waals surface area contributed by atoms with Crippen molar-refractivity contribution in [1.82, 2.24) is 4.90 Å². The molecule has 0 amide bonds. The Balaban J connectivity index is 1.99. The molecular weight excluding hydrogens is 301 g/mol. The number of halogens is 3. The molecule has 0 radical (unpaired) electrons. The summed E-state index contributed by atoms with van der Waals surface area (Å²) in [6, 6.07) is 7.12. The van der Waals surface area contributed by atoms with Gasteiger partial charge in [0.05, 0.1) is 13.0 Å². The van der Waals surface area contributed by atoms with Crippen LogP contribution in [0.25, 0.3) is 0 Å². The molecule has 1 aromatic carbocycles. The van der Waals surface area contributed by atoms with Crippen LogP contribution in [0, 0.1) is 5.92 Å². The van der Waals surface area contributed by atoms with E-state index < -0.39 is 12.1 Å². The maximum absolute atomic E-state index is 12.8. The second kappa shape index (κ2) is 6.51. The number of ether oxygens (including phenoxy) is 1. The first-order valence-corrected chi connectivity index (χ1v) is 7.07. The lowest BCUT2D eigenvalue weighted by atomic mass is 9.98. The lowest BCUT2D eigenvalue weighted by molar-refractivity contribution is -0.183. The molecule has 116 valence electrons. The normalized spacial score (nSPS) is 19.2. The van der Waals surface area contributed by atoms with E-state index in [1.165, 1.54) is 0 Å². The van der Waals surface area contributed by atoms with Crippen LogP contribution in [-0.2, 0) is 0 Å². The molecule has 7 heteroatoms. The number of anilines is 1. The summed E-state index contributed by atoms with van der Waals surface area (Å²) in [5.74, 6) is -0.647. The molecule has 1 heterocycles. The summed E-state index contributed by atoms with van der Waals surface area (Å²) in [7, 11) is 1.55. The number of thiocarbonyl (C=S) groups is 1. The van der Waals surface area contributed by atoms with E-state index in [0.29, 0.717) is 29.5 Å². The van der Waals surface area contributed by atoms with Crippen LogP contribution in [-0.4, -0.2) is 36.4 Å². The van der Waals surface area contributed by atoms with E-state index in [2.05, 4.69) is 5.32 Å². The molecule has 1 saturated heterocycles. The fourth-order valence-electron chi connectivity index (χ4n) is 2.33. The minimum atomic E-state index is -4.16. The van der Waals surface area contributed by atoms with Gasteiger partial charge in [-0.1, -0.05) is 6.07 Å². The maximum Gasteiger partial charge on any atom is 0.393 e. The molecule has 1 aromatic rings. The Labute approximate surface area is 127 Å². The van der Waals surface area contributed by atoms with E-state index in [1.807, 2.05) is 0 Å². The number of methoxy groups -OCH3 is 1. The summed E-state index contributed by atoms with van der Waals surface area (Å²) >= 11 is 5.22. The highest BCUT2D eigenvalue weighted by molar-refractivity contribution is 7.80. The van der Waals surface area contributed by atoms with Crippen molar-refractivity contribution in [2.45, 2.75) is 19.0 Å². The van der Waals surface area contributed by atoms with Crippen molar-refractivity contribution < 1.29 is 17.9 Å². The van der Waals surface area contributed by atoms with E-state index in [0.717, 1.165) is 0 Å². The van der Waals surface area contributed by atoms with Gasteiger partial charge in [-0.2, -0.15) is 13.2 Å². The van der Waals surface area contributed by atoms with Crippen LogP contribution in [0.2, 0.25) is 0 Å². The van der Waals surface area contributed by atoms with E-state index >= 15 is 0 Å². The monoisotopic (exact) mass is 318 g/mol. The number of benzene rings is 1. The lowest BCUT2D eigenvalue weighted by Gasteiger charge is -2.35. The molecule has 1 aliphatic rings. The highest BCUT2D eigenvalue weighted by Crippen LogP contribution is 2.33. The van der Waals surface area contributed by atoms with Crippen LogP contribution in [0.3, 0.4) is 0 Å². The maximum atomic E-state index is 12.8. The van der Waals surface area contributed by atoms with Crippen molar-refractivity contribution in [3.63, 3.8) is 0 Å². The number of piperidine rings is 1. The molecule has 0 aromatic heterocycles. The molecule has 0 spiro atoms. The van der Waals surface area contributed by atoms with E-state index in [-0.39, 0.29) is 13.0 Å². The number of likely N-dealkylation sites (tertiary alicyclic amines) is 1. The first-order valence-electron chi connectivity index (χ1n) is 6.67. The van der Waals surface area contributed by atoms with E-state index in [1.54, 1.807) is 36.3 Å². The summed E-state index contributed by atoms with van der Waals surface area (Å²) in [5.41, 5.74) is 0.702. The minimum Gasteiger partial charge on any atom is -0.497 e. The van der Waals surface area contributed by atoms with Gasteiger partial charge in [0.15, 0.2) is 5.11 Å². The van der Waals surface area contributed by atoms with Crippen LogP contribution < -0.4 is 10.1 Å². The van der Waals surface area contributed by atoms with Gasteiger partial charge < -0.3 is 15.0 Å². The third-order valence-corrected chi connectivity index (χ3v) is 3.85. The third kappa shape index (κ3) is 4.23. The molecule has 2 rings (SSSR count). The van der Waals surface area contributed by atoms with Crippen molar-refractivity contribution in [3.8, 4) is 5.75 Å². The number of alkyl halides is 3. The van der Waals surface area contributed by atoms with Crippen molar-refractivity contribution in [2.75, 3.05) is 25.5 Å². The number of nitrogens with zero attached hydrogens (tertiary/aromatic N) is 1. The molecule has 0 saturated carbocycles. The molecule has 1 atom stereocenters. The van der Waals surface area contributed by atoms with Gasteiger partial charge in [-0.05, 0) is 37.2 Å². The summed E-state index contributed by atoms with van der Waals surface area (Å²) in [4.78, 5) is 1.58. The number of nitrogens with one attached hydrogen (secondary N) is 1. The van der Waals surface area contributed by atoms with E-state index in [9.17, 15) is 13.2 Å². The summed E-state index contributed by atoms with van der Waals surface area (Å²) in [6.45, 7) is 0.460. The van der Waals surface area contributed by atoms with Gasteiger partial charge in [0.1, 0.15) is 5.75 Å². The average molecular weight is 318 g/mol. The molecular formula is C14H17F3N2OS. The fourth-order valence-corrected chi connectivity index (χ4v) is 2.62. The molecule has 21 heavy (non-hydrogen) atoms. The fraction of sp³-hybridized carbons (Fsp3) is 0.500. The molecule has 1 aliphatic heterocycles. The highest BCUT2D eigenvalue weighted by atomic mass is 32.1. The average Bonchev–Trinajstić information content (AvgIpc) is 2.46. The summed E-state index contributed by atoms with van der Waals surface area (Å²) in [6.07, 6.45) is -3.50. The molecule has 3 nitrogen and oxygen atoms in total. The number of hydrogen-bond acceptors (Lipinski definition) is 2. The first-order chi connectivity index (χ1) is 9.90. The SMILES string of the molecule is COc1cccc(NC(=S)N2CCC[C@H](C(F)(F)F)C2)c1. The topological polar surface area (TPSA) is 24.5 Å². The van der Waals surface area contributed by atoms with Crippen LogP contribution in [0.4, 0.5) is 18.9 Å². The Morgan fingerprint density at radius 1 is 1.43 bits per heavy atom. The second-order valence-electron chi connectivity index (χ2n) is 4.99. The quantitative estimate of drug-likeness (QED) is 0.841. The second-order valence-corrected chi connectivity index (χ2v) is 5.38. The van der Waals surface area contributed by atoms with Gasteiger partial charge in [-0.15, -0.1) is 0 Å². The highest BCUT2D eigenvalue weighted by Gasteiger charge is 2.42. The third-order valence-electron chi connectivity index (χ3n) is 3.49. The predicted molar refractivity (Wildman–Crippen MR) is 79.6 cm³/mol. The van der Waals surface area contributed by atoms with Crippen LogP contribution in [0.15, 0.2) is 24.3 Å². The number of rotatable bonds is 2. The van der Waals surface area contributed by atoms with Crippen molar-refractivity contribution in [2.24, 2.45) is 5.92 Å². The Hall–Kier alpha value is -1.50. The predicted octanol–water partition coefficient (Wildman–Crippen LogP) is 3.67. The molecule has 0 aliphatic carbocycles. The van der Waals surface area contributed by atoms with Gasteiger partial charge in [0.2, 0.25) is 0 Å². The van der Waals surface area contributed by atoms with E-state index in [4.69, 9.17) is 17.0 Å². The molecule has 1 N–H and O–H groups in total. The van der Waals surface area contributed by atoms with Gasteiger partial charge in [-0.25, -0.2) is 0 Å². The zero-order valence-corrected chi connectivity index (χ0v) is 12.4. The van der Waals surface area contributed by atoms with Gasteiger partial charge in [0.25, 0.3) is 0 Å². The Morgan fingerprint density at radius 2 is 2.19 bits per heavy atom. The Kier molecular flexibility index (Phi) is 4.92. The Morgan fingerprint density at radius 3 is 2.86 bits per heavy atom. The minimum absolute atomic E-state index is 0.0840. The van der Waals surface area contributed by atoms with Gasteiger partial charge in [-0.3, -0.25) is 0 Å². The molecule has 0 unspecified atom stereocenters. The smallest absolute Gasteiger partial charge is 0.393 e. The Bertz CT molecular complexity index is 507. The van der Waals surface area contributed by atoms with Crippen LogP contribution >= 0.6 is 12.2 Å². The van der Waals surface area contributed by atoms with Crippen molar-refractivity contribution in [3.05, 3.63) is 24.3 Å². The van der Waals surface area contributed by atoms with Crippen LogP contribution in [0.5, 0.6) is 5.75 Å². The number of hydrogen-bond donors (Lipinski definition) is 1. The van der Waals surface area contributed by atoms with Gasteiger partial charge >= 0.3 is 6.18 Å². The standard InChI is InChI=1S/C14H17F3N2OS/c1-20-12-6-2-5-11(8-12)18-13(21)19-7-3-4-10(9-19)14(15,16)17/h2,5-6,8,10H,3-4,7,9H2,1H3,(H,18,21)/t10-/m0/s1. The van der Waals surface area contributed by atoms with Gasteiger partial charge in [0, 0.05) is 24.8 Å². The van der Waals surface area contributed by atoms with Crippen LogP contribution in [0.1, 0.15) is 12.8 Å². The summed E-state index contributed by atoms with van der Waals surface area (Å²) < 4.78 is 43.5. The van der Waals surface area contributed by atoms with Crippen molar-refractivity contribution >= 4 is 23.0 Å². The lowest BCUT2D eigenvalue weighted by Crippen LogP contribution is -2.46. The first kappa shape index (κ1) is 15.9. The summed E-state index contributed by atoms with van der Waals surface area (Å²) in [5, 5.41) is 3.29. The largest absolute Gasteiger partial charge is 0.497 e. The molecule has 0 bridgehead atoms. The zero-order chi connectivity index (χ0) is 15.5.